The van der Waals surface area contributed by atoms with Crippen LogP contribution in [0.5, 0.6) is 0 Å². The van der Waals surface area contributed by atoms with Crippen molar-refractivity contribution in [2.45, 2.75) is 19.7 Å². The maximum Gasteiger partial charge on any atom is 0.0921 e. The molecule has 1 heterocycles. The van der Waals surface area contributed by atoms with Crippen LogP contribution in [0.2, 0.25) is 6.32 Å². The Labute approximate surface area is 139 Å². The fourth-order valence-corrected chi connectivity index (χ4v) is 2.23. The number of aryl methyl sites for hydroxylation is 1. The van der Waals surface area contributed by atoms with Crippen LogP contribution in [0.25, 0.3) is 5.57 Å². The van der Waals surface area contributed by atoms with Gasteiger partial charge in [0.2, 0.25) is 0 Å². The van der Waals surface area contributed by atoms with Gasteiger partial charge in [0.15, 0.2) is 0 Å². The predicted octanol–water partition coefficient (Wildman–Crippen LogP) is 4.68. The maximum absolute atomic E-state index is 5.63. The van der Waals surface area contributed by atoms with E-state index in [-0.39, 0.29) is 0 Å². The second-order valence-electron chi connectivity index (χ2n) is 5.02. The van der Waals surface area contributed by atoms with E-state index in [0.717, 1.165) is 6.42 Å². The van der Waals surface area contributed by atoms with E-state index in [9.17, 15) is 0 Å². The molecule has 0 saturated heterocycles. The molecule has 0 bridgehead atoms. The lowest BCUT2D eigenvalue weighted by Gasteiger charge is -2.07. The quantitative estimate of drug-likeness (QED) is 0.696. The monoisotopic (exact) mass is 300 g/mol. The van der Waals surface area contributed by atoms with Crippen LogP contribution in [0.1, 0.15) is 23.7 Å². The Bertz CT molecular complexity index is 648. The van der Waals surface area contributed by atoms with Gasteiger partial charge in [0.1, 0.15) is 0 Å². The van der Waals surface area contributed by atoms with Crippen LogP contribution in [0.15, 0.2) is 79.3 Å². The number of hydrogen-bond acceptors (Lipinski definition) is 1. The highest BCUT2D eigenvalue weighted by molar-refractivity contribution is 6.10. The molecule has 2 nitrogen and oxygen atoms in total. The summed E-state index contributed by atoms with van der Waals surface area (Å²) in [6.07, 6.45) is 7.18. The summed E-state index contributed by atoms with van der Waals surface area (Å²) in [7, 11) is 5.63. The van der Waals surface area contributed by atoms with Crippen LogP contribution in [0.4, 0.5) is 0 Å². The molecular weight excluding hydrogens is 279 g/mol. The van der Waals surface area contributed by atoms with Crippen molar-refractivity contribution in [3.63, 3.8) is 0 Å². The molecule has 2 radical (unpaired) electrons. The third-order valence-electron chi connectivity index (χ3n) is 3.43. The largest absolute Gasteiger partial charge is 0.349 e. The Morgan fingerprint density at radius 3 is 1.91 bits per heavy atom. The standard InChI is InChI=1S/C15H13B.C5H8N2/c16-12-11-15(13-7-3-1-4-8-13)14-9-5-2-6-10-14;1-2-5-3-6-4-7-5/h1-11H,12H2;3-4H,2H2,1H3,(H,6,7). The van der Waals surface area contributed by atoms with Crippen molar-refractivity contribution < 1.29 is 0 Å². The topological polar surface area (TPSA) is 28.7 Å². The summed E-state index contributed by atoms with van der Waals surface area (Å²) < 4.78 is 0. The summed E-state index contributed by atoms with van der Waals surface area (Å²) in [6, 6.07) is 20.6. The van der Waals surface area contributed by atoms with Gasteiger partial charge < -0.3 is 4.98 Å². The summed E-state index contributed by atoms with van der Waals surface area (Å²) in [4.78, 5) is 6.81. The Kier molecular flexibility index (Phi) is 6.92. The SMILES string of the molecule is CCc1cnc[nH]1.[B]CC=C(c1ccccc1)c1ccccc1. The molecule has 0 spiro atoms. The zero-order valence-electron chi connectivity index (χ0n) is 13.4. The number of nitrogens with zero attached hydrogens (tertiary/aromatic N) is 1. The Balaban J connectivity index is 0.000000229. The van der Waals surface area contributed by atoms with Crippen molar-refractivity contribution in [2.75, 3.05) is 0 Å². The average Bonchev–Trinajstić information content (AvgIpc) is 3.15. The highest BCUT2D eigenvalue weighted by atomic mass is 14.8. The van der Waals surface area contributed by atoms with Crippen LogP contribution in [-0.2, 0) is 6.42 Å². The summed E-state index contributed by atoms with van der Waals surface area (Å²) >= 11 is 0. The number of imidazole rings is 1. The van der Waals surface area contributed by atoms with E-state index in [1.165, 1.54) is 22.4 Å². The van der Waals surface area contributed by atoms with Gasteiger partial charge in [-0.05, 0) is 23.1 Å². The normalized spacial score (nSPS) is 9.61. The second kappa shape index (κ2) is 9.47. The molecule has 0 aliphatic carbocycles. The minimum atomic E-state index is 0.555. The van der Waals surface area contributed by atoms with E-state index in [4.69, 9.17) is 7.85 Å². The Morgan fingerprint density at radius 2 is 1.57 bits per heavy atom. The molecule has 2 aromatic carbocycles. The van der Waals surface area contributed by atoms with Crippen molar-refractivity contribution in [3.05, 3.63) is 96.1 Å². The molecule has 114 valence electrons. The number of H-pyrrole nitrogens is 1. The molecule has 0 aliphatic rings. The smallest absolute Gasteiger partial charge is 0.0921 e. The van der Waals surface area contributed by atoms with Gasteiger partial charge in [0, 0.05) is 11.9 Å². The van der Waals surface area contributed by atoms with Gasteiger partial charge >= 0.3 is 0 Å². The minimum absolute atomic E-state index is 0.555. The van der Waals surface area contributed by atoms with Crippen molar-refractivity contribution in [1.29, 1.82) is 0 Å². The molecule has 0 fully saturated rings. The van der Waals surface area contributed by atoms with Gasteiger partial charge in [-0.3, -0.25) is 0 Å². The molecule has 23 heavy (non-hydrogen) atoms. The van der Waals surface area contributed by atoms with E-state index in [1.807, 2.05) is 42.6 Å². The summed E-state index contributed by atoms with van der Waals surface area (Å²) in [5.41, 5.74) is 4.81. The van der Waals surface area contributed by atoms with Crippen molar-refractivity contribution >= 4 is 13.4 Å². The number of nitrogens with one attached hydrogen (secondary N) is 1. The third kappa shape index (κ3) is 5.30. The molecular formula is C20H21BN2. The first kappa shape index (κ1) is 16.8. The van der Waals surface area contributed by atoms with Crippen LogP contribution in [0, 0.1) is 0 Å². The lowest BCUT2D eigenvalue weighted by molar-refractivity contribution is 1.06. The minimum Gasteiger partial charge on any atom is -0.349 e. The van der Waals surface area contributed by atoms with Crippen LogP contribution < -0.4 is 0 Å². The number of rotatable bonds is 4. The first-order valence-corrected chi connectivity index (χ1v) is 7.83. The number of aromatic amines is 1. The highest BCUT2D eigenvalue weighted by Crippen LogP contribution is 2.23. The van der Waals surface area contributed by atoms with Gasteiger partial charge in [-0.15, -0.1) is 0 Å². The van der Waals surface area contributed by atoms with Crippen LogP contribution in [-0.4, -0.2) is 17.8 Å². The second-order valence-corrected chi connectivity index (χ2v) is 5.02. The molecule has 0 amide bonds. The number of aromatic nitrogens is 2. The highest BCUT2D eigenvalue weighted by Gasteiger charge is 2.02. The fraction of sp³-hybridized carbons (Fsp3) is 0.150. The van der Waals surface area contributed by atoms with E-state index in [1.54, 1.807) is 6.33 Å². The number of allylic oxidation sites excluding steroid dienone is 1. The van der Waals surface area contributed by atoms with Gasteiger partial charge in [-0.25, -0.2) is 4.98 Å². The summed E-state index contributed by atoms with van der Waals surface area (Å²) in [5.74, 6) is 0. The third-order valence-corrected chi connectivity index (χ3v) is 3.43. The zero-order valence-corrected chi connectivity index (χ0v) is 13.4. The Hall–Kier alpha value is -2.55. The molecule has 0 saturated carbocycles. The first-order valence-electron chi connectivity index (χ1n) is 7.83. The van der Waals surface area contributed by atoms with E-state index in [2.05, 4.69) is 47.2 Å². The first-order chi connectivity index (χ1) is 11.3. The molecule has 3 rings (SSSR count). The van der Waals surface area contributed by atoms with Crippen molar-refractivity contribution in [3.8, 4) is 0 Å². The zero-order chi connectivity index (χ0) is 16.3. The molecule has 0 aliphatic heterocycles. The molecule has 1 N–H and O–H groups in total. The van der Waals surface area contributed by atoms with Gasteiger partial charge in [0.25, 0.3) is 0 Å². The van der Waals surface area contributed by atoms with Gasteiger partial charge in [0.05, 0.1) is 14.2 Å². The fourth-order valence-electron chi connectivity index (χ4n) is 2.23. The van der Waals surface area contributed by atoms with Crippen LogP contribution in [0.3, 0.4) is 0 Å². The Morgan fingerprint density at radius 1 is 1.00 bits per heavy atom. The number of benzene rings is 2. The van der Waals surface area contributed by atoms with Crippen LogP contribution >= 0.6 is 0 Å². The maximum atomic E-state index is 5.63. The molecule has 0 atom stereocenters. The van der Waals surface area contributed by atoms with Gasteiger partial charge in [-0.2, -0.15) is 0 Å². The van der Waals surface area contributed by atoms with Crippen molar-refractivity contribution in [1.82, 2.24) is 9.97 Å². The summed E-state index contributed by atoms with van der Waals surface area (Å²) in [5, 5.41) is 0. The predicted molar refractivity (Wildman–Crippen MR) is 98.5 cm³/mol. The molecule has 3 aromatic rings. The number of hydrogen-bond donors (Lipinski definition) is 1. The molecule has 3 heteroatoms. The van der Waals surface area contributed by atoms with Gasteiger partial charge in [-0.1, -0.05) is 80.0 Å². The lowest BCUT2D eigenvalue weighted by atomic mass is 9.93. The average molecular weight is 300 g/mol. The van der Waals surface area contributed by atoms with E-state index in [0.29, 0.717) is 6.32 Å². The summed E-state index contributed by atoms with van der Waals surface area (Å²) in [6.45, 7) is 2.09. The molecule has 0 unspecified atom stereocenters. The van der Waals surface area contributed by atoms with E-state index >= 15 is 0 Å². The lowest BCUT2D eigenvalue weighted by Crippen LogP contribution is -1.87. The molecule has 1 aromatic heterocycles. The van der Waals surface area contributed by atoms with E-state index < -0.39 is 0 Å². The van der Waals surface area contributed by atoms with Crippen molar-refractivity contribution in [2.24, 2.45) is 0 Å².